The minimum Gasteiger partial charge on any atom is -0.444 e. The molecule has 0 unspecified atom stereocenters. The molecule has 3 nitrogen and oxygen atoms in total. The fourth-order valence-electron chi connectivity index (χ4n) is 1.88. The van der Waals surface area contributed by atoms with E-state index < -0.39 is 5.60 Å². The van der Waals surface area contributed by atoms with Gasteiger partial charge in [-0.1, -0.05) is 22.9 Å². The van der Waals surface area contributed by atoms with Crippen LogP contribution in [0.5, 0.6) is 0 Å². The van der Waals surface area contributed by atoms with Gasteiger partial charge in [0.1, 0.15) is 5.60 Å². The molecule has 4 heteroatoms. The summed E-state index contributed by atoms with van der Waals surface area (Å²) in [4.78, 5) is 14.2. The average Bonchev–Trinajstić information content (AvgIpc) is 2.15. The lowest BCUT2D eigenvalue weighted by Crippen LogP contribution is -2.44. The van der Waals surface area contributed by atoms with Gasteiger partial charge >= 0.3 is 6.09 Å². The second kappa shape index (κ2) is 5.39. The first-order chi connectivity index (χ1) is 7.29. The van der Waals surface area contributed by atoms with Gasteiger partial charge in [-0.25, -0.2) is 4.79 Å². The summed E-state index contributed by atoms with van der Waals surface area (Å²) < 4.78 is 5.38. The standard InChI is InChI=1S/C12H22BrNO2/c1-9(13)10-6-5-7-14(8-10)11(15)16-12(2,3)4/h9-10H,5-8H2,1-4H3/t9-,10-/m1/s1. The molecule has 1 heterocycles. The Balaban J connectivity index is 2.50. The Morgan fingerprint density at radius 2 is 2.12 bits per heavy atom. The summed E-state index contributed by atoms with van der Waals surface area (Å²) in [6, 6.07) is 0. The van der Waals surface area contributed by atoms with Crippen LogP contribution in [0.25, 0.3) is 0 Å². The number of piperidine rings is 1. The maximum absolute atomic E-state index is 11.9. The third-order valence-corrected chi connectivity index (χ3v) is 3.51. The van der Waals surface area contributed by atoms with Gasteiger partial charge in [0.2, 0.25) is 0 Å². The first kappa shape index (κ1) is 13.8. The number of alkyl halides is 1. The van der Waals surface area contributed by atoms with Crippen molar-refractivity contribution in [3.63, 3.8) is 0 Å². The Morgan fingerprint density at radius 1 is 1.50 bits per heavy atom. The summed E-state index contributed by atoms with van der Waals surface area (Å²) in [6.07, 6.45) is 2.08. The number of carbonyl (C=O) groups excluding carboxylic acids is 1. The van der Waals surface area contributed by atoms with Crippen molar-refractivity contribution in [2.75, 3.05) is 13.1 Å². The summed E-state index contributed by atoms with van der Waals surface area (Å²) in [6.45, 7) is 9.48. The average molecular weight is 292 g/mol. The predicted molar refractivity (Wildman–Crippen MR) is 68.9 cm³/mol. The van der Waals surface area contributed by atoms with E-state index in [1.807, 2.05) is 25.7 Å². The van der Waals surface area contributed by atoms with Crippen LogP contribution in [0.3, 0.4) is 0 Å². The van der Waals surface area contributed by atoms with Crippen LogP contribution in [0, 0.1) is 5.92 Å². The van der Waals surface area contributed by atoms with Gasteiger partial charge in [0.25, 0.3) is 0 Å². The van der Waals surface area contributed by atoms with Crippen molar-refractivity contribution in [2.45, 2.75) is 51.0 Å². The van der Waals surface area contributed by atoms with Crippen molar-refractivity contribution in [3.8, 4) is 0 Å². The molecule has 0 aromatic rings. The number of likely N-dealkylation sites (tertiary alicyclic amines) is 1. The van der Waals surface area contributed by atoms with Gasteiger partial charge in [-0.3, -0.25) is 0 Å². The Bertz CT molecular complexity index is 248. The van der Waals surface area contributed by atoms with E-state index >= 15 is 0 Å². The molecule has 2 atom stereocenters. The van der Waals surface area contributed by atoms with Gasteiger partial charge in [-0.2, -0.15) is 0 Å². The van der Waals surface area contributed by atoms with Crippen LogP contribution in [0.15, 0.2) is 0 Å². The molecule has 1 aliphatic heterocycles. The van der Waals surface area contributed by atoms with Gasteiger partial charge in [0.05, 0.1) is 0 Å². The Kier molecular flexibility index (Phi) is 4.65. The fraction of sp³-hybridized carbons (Fsp3) is 0.917. The second-order valence-corrected chi connectivity index (χ2v) is 6.95. The van der Waals surface area contributed by atoms with Crippen LogP contribution >= 0.6 is 15.9 Å². The Morgan fingerprint density at radius 3 is 2.62 bits per heavy atom. The third-order valence-electron chi connectivity index (χ3n) is 2.76. The summed E-state index contributed by atoms with van der Waals surface area (Å²) in [5.41, 5.74) is -0.399. The number of ether oxygens (including phenoxy) is 1. The molecule has 0 radical (unpaired) electrons. The number of rotatable bonds is 1. The number of hydrogen-bond acceptors (Lipinski definition) is 2. The molecule has 0 aliphatic carbocycles. The molecule has 0 spiro atoms. The molecule has 1 amide bonds. The fourth-order valence-corrected chi connectivity index (χ4v) is 2.31. The third kappa shape index (κ3) is 4.32. The SMILES string of the molecule is C[C@@H](Br)[C@@H]1CCCN(C(=O)OC(C)(C)C)C1. The van der Waals surface area contributed by atoms with Gasteiger partial charge in [-0.05, 0) is 39.5 Å². The van der Waals surface area contributed by atoms with E-state index in [2.05, 4.69) is 22.9 Å². The maximum atomic E-state index is 11.9. The van der Waals surface area contributed by atoms with Crippen molar-refractivity contribution in [1.82, 2.24) is 4.90 Å². The van der Waals surface area contributed by atoms with Crippen LogP contribution < -0.4 is 0 Å². The zero-order valence-corrected chi connectivity index (χ0v) is 12.2. The highest BCUT2D eigenvalue weighted by molar-refractivity contribution is 9.09. The van der Waals surface area contributed by atoms with Crippen molar-refractivity contribution < 1.29 is 9.53 Å². The van der Waals surface area contributed by atoms with E-state index in [-0.39, 0.29) is 6.09 Å². The summed E-state index contributed by atoms with van der Waals surface area (Å²) in [7, 11) is 0. The molecule has 0 saturated carbocycles. The van der Waals surface area contributed by atoms with E-state index in [0.29, 0.717) is 10.7 Å². The number of hydrogen-bond donors (Lipinski definition) is 0. The van der Waals surface area contributed by atoms with Gasteiger partial charge < -0.3 is 9.64 Å². The number of amides is 1. The van der Waals surface area contributed by atoms with E-state index in [1.54, 1.807) is 0 Å². The molecular formula is C12H22BrNO2. The highest BCUT2D eigenvalue weighted by atomic mass is 79.9. The first-order valence-electron chi connectivity index (χ1n) is 5.91. The topological polar surface area (TPSA) is 29.5 Å². The monoisotopic (exact) mass is 291 g/mol. The highest BCUT2D eigenvalue weighted by Gasteiger charge is 2.29. The molecule has 0 N–H and O–H groups in total. The Hall–Kier alpha value is -0.250. The number of nitrogens with zero attached hydrogens (tertiary/aromatic N) is 1. The molecular weight excluding hydrogens is 270 g/mol. The largest absolute Gasteiger partial charge is 0.444 e. The normalized spacial score (nSPS) is 24.1. The summed E-state index contributed by atoms with van der Waals surface area (Å²) >= 11 is 3.60. The van der Waals surface area contributed by atoms with Crippen LogP contribution in [0.1, 0.15) is 40.5 Å². The maximum Gasteiger partial charge on any atom is 0.410 e. The van der Waals surface area contributed by atoms with Gasteiger partial charge in [0, 0.05) is 17.9 Å². The molecule has 0 aromatic carbocycles. The minimum atomic E-state index is -0.399. The quantitative estimate of drug-likeness (QED) is 0.693. The van der Waals surface area contributed by atoms with Gasteiger partial charge in [0.15, 0.2) is 0 Å². The highest BCUT2D eigenvalue weighted by Crippen LogP contribution is 2.25. The van der Waals surface area contributed by atoms with E-state index in [9.17, 15) is 4.79 Å². The lowest BCUT2D eigenvalue weighted by Gasteiger charge is -2.35. The number of carbonyl (C=O) groups is 1. The van der Waals surface area contributed by atoms with E-state index in [4.69, 9.17) is 4.74 Å². The molecule has 94 valence electrons. The lowest BCUT2D eigenvalue weighted by molar-refractivity contribution is 0.0168. The van der Waals surface area contributed by atoms with E-state index in [1.165, 1.54) is 6.42 Å². The van der Waals surface area contributed by atoms with Crippen molar-refractivity contribution in [1.29, 1.82) is 0 Å². The Labute approximate surface area is 107 Å². The smallest absolute Gasteiger partial charge is 0.410 e. The van der Waals surface area contributed by atoms with Crippen LogP contribution in [0.2, 0.25) is 0 Å². The zero-order valence-electron chi connectivity index (χ0n) is 10.6. The number of halogens is 1. The second-order valence-electron chi connectivity index (χ2n) is 5.51. The molecule has 1 fully saturated rings. The van der Waals surface area contributed by atoms with Crippen molar-refractivity contribution in [2.24, 2.45) is 5.92 Å². The first-order valence-corrected chi connectivity index (χ1v) is 6.83. The molecule has 0 aromatic heterocycles. The van der Waals surface area contributed by atoms with Crippen LogP contribution in [0.4, 0.5) is 4.79 Å². The summed E-state index contributed by atoms with van der Waals surface area (Å²) in [5.74, 6) is 0.543. The zero-order chi connectivity index (χ0) is 12.3. The summed E-state index contributed by atoms with van der Waals surface area (Å²) in [5, 5.41) is 0. The van der Waals surface area contributed by atoms with Crippen LogP contribution in [-0.4, -0.2) is 34.5 Å². The van der Waals surface area contributed by atoms with E-state index in [0.717, 1.165) is 19.5 Å². The molecule has 16 heavy (non-hydrogen) atoms. The molecule has 1 rings (SSSR count). The van der Waals surface area contributed by atoms with Crippen molar-refractivity contribution in [3.05, 3.63) is 0 Å². The lowest BCUT2D eigenvalue weighted by atomic mass is 9.96. The molecule has 1 saturated heterocycles. The predicted octanol–water partition coefficient (Wildman–Crippen LogP) is 3.42. The van der Waals surface area contributed by atoms with Gasteiger partial charge in [-0.15, -0.1) is 0 Å². The molecule has 1 aliphatic rings. The molecule has 0 bridgehead atoms. The minimum absolute atomic E-state index is 0.176. The van der Waals surface area contributed by atoms with Crippen LogP contribution in [-0.2, 0) is 4.74 Å². The van der Waals surface area contributed by atoms with Crippen molar-refractivity contribution >= 4 is 22.0 Å².